The molecule has 38 heavy (non-hydrogen) atoms. The predicted octanol–water partition coefficient (Wildman–Crippen LogP) is 3.00. The van der Waals surface area contributed by atoms with E-state index in [1.807, 2.05) is 12.1 Å². The highest BCUT2D eigenvalue weighted by molar-refractivity contribution is 5.96. The van der Waals surface area contributed by atoms with Gasteiger partial charge in [-0.15, -0.1) is 0 Å². The van der Waals surface area contributed by atoms with Crippen LogP contribution in [0.3, 0.4) is 0 Å². The molecule has 206 valence electrons. The Morgan fingerprint density at radius 1 is 1.16 bits per heavy atom. The Labute approximate surface area is 219 Å². The van der Waals surface area contributed by atoms with Crippen molar-refractivity contribution in [1.29, 1.82) is 0 Å². The van der Waals surface area contributed by atoms with Gasteiger partial charge >= 0.3 is 6.18 Å². The smallest absolute Gasteiger partial charge is 0.384 e. The predicted molar refractivity (Wildman–Crippen MR) is 133 cm³/mol. The Hall–Kier alpha value is -3.02. The maximum absolute atomic E-state index is 12.9. The zero-order valence-corrected chi connectivity index (χ0v) is 21.3. The summed E-state index contributed by atoms with van der Waals surface area (Å²) >= 11 is 0. The fourth-order valence-corrected chi connectivity index (χ4v) is 5.13. The molecule has 1 aliphatic heterocycles. The van der Waals surface area contributed by atoms with Crippen LogP contribution in [0.15, 0.2) is 42.6 Å². The third kappa shape index (κ3) is 6.89. The van der Waals surface area contributed by atoms with Crippen LogP contribution in [0.1, 0.15) is 59.3 Å². The van der Waals surface area contributed by atoms with E-state index in [1.165, 1.54) is 6.07 Å². The van der Waals surface area contributed by atoms with Crippen molar-refractivity contribution in [2.75, 3.05) is 26.7 Å². The highest BCUT2D eigenvalue weighted by Crippen LogP contribution is 2.36. The summed E-state index contributed by atoms with van der Waals surface area (Å²) in [7, 11) is 1.62. The van der Waals surface area contributed by atoms with E-state index in [0.717, 1.165) is 43.0 Å². The number of aliphatic hydroxyl groups is 1. The minimum absolute atomic E-state index is 0.0979. The minimum atomic E-state index is -4.55. The number of halogens is 3. The molecule has 1 aromatic carbocycles. The van der Waals surface area contributed by atoms with Gasteiger partial charge in [0.25, 0.3) is 5.91 Å². The third-order valence-corrected chi connectivity index (χ3v) is 7.29. The number of hydrogen-bond acceptors (Lipinski definition) is 6. The number of aromatic nitrogens is 1. The number of nitrogens with one attached hydrogen (secondary N) is 2. The van der Waals surface area contributed by atoms with Gasteiger partial charge in [0.05, 0.1) is 24.4 Å². The van der Waals surface area contributed by atoms with Crippen molar-refractivity contribution in [3.8, 4) is 0 Å². The lowest BCUT2D eigenvalue weighted by Crippen LogP contribution is -2.46. The number of rotatable bonds is 8. The molecule has 0 spiro atoms. The molecular weight excluding hydrogens is 501 g/mol. The topological polar surface area (TPSA) is 104 Å². The van der Waals surface area contributed by atoms with Gasteiger partial charge < -0.3 is 25.4 Å². The average Bonchev–Trinajstić information content (AvgIpc) is 3.37. The van der Waals surface area contributed by atoms with Gasteiger partial charge in [-0.2, -0.15) is 13.2 Å². The molecule has 2 aliphatic rings. The summed E-state index contributed by atoms with van der Waals surface area (Å²) in [6, 6.07) is 8.19. The first-order chi connectivity index (χ1) is 18.1. The molecule has 1 saturated carbocycles. The van der Waals surface area contributed by atoms with E-state index in [4.69, 9.17) is 4.74 Å². The van der Waals surface area contributed by atoms with Gasteiger partial charge in [-0.1, -0.05) is 12.1 Å². The number of likely N-dealkylation sites (tertiary alicyclic amines) is 1. The largest absolute Gasteiger partial charge is 0.416 e. The van der Waals surface area contributed by atoms with Crippen LogP contribution in [0.25, 0.3) is 0 Å². The zero-order valence-electron chi connectivity index (χ0n) is 21.3. The summed E-state index contributed by atoms with van der Waals surface area (Å²) in [5, 5.41) is 17.2. The van der Waals surface area contributed by atoms with Gasteiger partial charge in [0.15, 0.2) is 0 Å². The number of methoxy groups -OCH3 is 1. The number of carbonyl (C=O) groups excluding carboxylic acids is 2. The van der Waals surface area contributed by atoms with E-state index in [0.29, 0.717) is 38.2 Å². The molecule has 1 atom stereocenters. The van der Waals surface area contributed by atoms with Crippen molar-refractivity contribution in [2.24, 2.45) is 0 Å². The quantitative estimate of drug-likeness (QED) is 0.481. The maximum Gasteiger partial charge on any atom is 0.416 e. The Morgan fingerprint density at radius 2 is 1.92 bits per heavy atom. The Bertz CT molecular complexity index is 1120. The highest BCUT2D eigenvalue weighted by atomic mass is 19.4. The molecule has 11 heteroatoms. The number of pyridine rings is 1. The minimum Gasteiger partial charge on any atom is -0.384 e. The van der Waals surface area contributed by atoms with E-state index in [1.54, 1.807) is 18.2 Å². The van der Waals surface area contributed by atoms with Crippen LogP contribution >= 0.6 is 0 Å². The van der Waals surface area contributed by atoms with Crippen molar-refractivity contribution in [1.82, 2.24) is 20.5 Å². The van der Waals surface area contributed by atoms with Crippen LogP contribution in [0.2, 0.25) is 0 Å². The fraction of sp³-hybridized carbons (Fsp3) is 0.519. The molecule has 8 nitrogen and oxygen atoms in total. The molecule has 2 fully saturated rings. The number of hydrogen-bond donors (Lipinski definition) is 3. The van der Waals surface area contributed by atoms with E-state index < -0.39 is 23.2 Å². The summed E-state index contributed by atoms with van der Waals surface area (Å²) in [5.74, 6) is -1.01. The molecule has 1 aromatic heterocycles. The van der Waals surface area contributed by atoms with Crippen molar-refractivity contribution in [2.45, 2.75) is 62.6 Å². The molecule has 4 rings (SSSR count). The first kappa shape index (κ1) is 28.0. The Balaban J connectivity index is 1.21. The molecule has 1 aliphatic carbocycles. The molecule has 2 heterocycles. The molecule has 0 unspecified atom stereocenters. The normalized spacial score (nSPS) is 23.9. The lowest BCUT2D eigenvalue weighted by Gasteiger charge is -2.37. The van der Waals surface area contributed by atoms with Crippen molar-refractivity contribution >= 4 is 11.8 Å². The average molecular weight is 535 g/mol. The first-order valence-electron chi connectivity index (χ1n) is 12.7. The second-order valence-corrected chi connectivity index (χ2v) is 10.0. The Kier molecular flexibility index (Phi) is 8.69. The molecule has 0 radical (unpaired) electrons. The SMILES string of the molecule is COCc1ccc(C2(O)CCC(N[C@H]3CCN(C(=O)CNC(=O)c4cccc(C(F)(F)F)c4)C3)CC2)nc1. The number of carbonyl (C=O) groups is 2. The molecular formula is C27H33F3N4O4. The number of ether oxygens (including phenoxy) is 1. The molecule has 3 N–H and O–H groups in total. The number of nitrogens with zero attached hydrogens (tertiary/aromatic N) is 2. The second-order valence-electron chi connectivity index (χ2n) is 10.0. The first-order valence-corrected chi connectivity index (χ1v) is 12.7. The summed E-state index contributed by atoms with van der Waals surface area (Å²) < 4.78 is 43.8. The standard InChI is InChI=1S/C27H33F3N4O4/c1-38-17-18-5-6-23(31-14-18)26(37)10-7-21(8-11-26)33-22-9-12-34(16-22)24(35)15-32-25(36)19-3-2-4-20(13-19)27(28,29)30/h2-6,13-14,21-22,33,37H,7-12,15-17H2,1H3,(H,32,36)/t21?,22-,26?/m0/s1. The van der Waals surface area contributed by atoms with Crippen LogP contribution in [0, 0.1) is 0 Å². The third-order valence-electron chi connectivity index (χ3n) is 7.29. The van der Waals surface area contributed by atoms with E-state index in [-0.39, 0.29) is 30.1 Å². The number of alkyl halides is 3. The molecule has 1 saturated heterocycles. The number of amides is 2. The van der Waals surface area contributed by atoms with Gasteiger partial charge in [0.2, 0.25) is 5.91 Å². The van der Waals surface area contributed by atoms with Gasteiger partial charge in [-0.05, 0) is 61.9 Å². The zero-order chi connectivity index (χ0) is 27.3. The second kappa shape index (κ2) is 11.8. The summed E-state index contributed by atoms with van der Waals surface area (Å²) in [5.41, 5.74) is -0.403. The lowest BCUT2D eigenvalue weighted by molar-refractivity contribution is -0.137. The number of benzene rings is 1. The van der Waals surface area contributed by atoms with Crippen molar-refractivity contribution < 1.29 is 32.6 Å². The van der Waals surface area contributed by atoms with Gasteiger partial charge in [0.1, 0.15) is 5.60 Å². The van der Waals surface area contributed by atoms with Crippen LogP contribution in [0.5, 0.6) is 0 Å². The van der Waals surface area contributed by atoms with Crippen LogP contribution in [-0.2, 0) is 27.9 Å². The maximum atomic E-state index is 12.9. The van der Waals surface area contributed by atoms with Gasteiger partial charge in [-0.25, -0.2) is 0 Å². The summed E-state index contributed by atoms with van der Waals surface area (Å²) in [6.45, 7) is 1.21. The Morgan fingerprint density at radius 3 is 2.58 bits per heavy atom. The van der Waals surface area contributed by atoms with Crippen LogP contribution < -0.4 is 10.6 Å². The van der Waals surface area contributed by atoms with Gasteiger partial charge in [0, 0.05) is 44.0 Å². The summed E-state index contributed by atoms with van der Waals surface area (Å²) in [4.78, 5) is 31.0. The molecule has 0 bridgehead atoms. The fourth-order valence-electron chi connectivity index (χ4n) is 5.13. The monoisotopic (exact) mass is 534 g/mol. The van der Waals surface area contributed by atoms with Gasteiger partial charge in [-0.3, -0.25) is 14.6 Å². The highest BCUT2D eigenvalue weighted by Gasteiger charge is 2.37. The van der Waals surface area contributed by atoms with Crippen molar-refractivity contribution in [3.05, 3.63) is 65.0 Å². The summed E-state index contributed by atoms with van der Waals surface area (Å²) in [6.07, 6.45) is 0.651. The van der Waals surface area contributed by atoms with Crippen LogP contribution in [0.4, 0.5) is 13.2 Å². The van der Waals surface area contributed by atoms with E-state index >= 15 is 0 Å². The molecule has 2 aromatic rings. The lowest BCUT2D eigenvalue weighted by atomic mass is 9.79. The van der Waals surface area contributed by atoms with Crippen molar-refractivity contribution in [3.63, 3.8) is 0 Å². The molecule has 2 amide bonds. The van der Waals surface area contributed by atoms with E-state index in [9.17, 15) is 27.9 Å². The van der Waals surface area contributed by atoms with E-state index in [2.05, 4.69) is 15.6 Å². The van der Waals surface area contributed by atoms with Crippen LogP contribution in [-0.4, -0.2) is 65.6 Å².